The van der Waals surface area contributed by atoms with E-state index in [4.69, 9.17) is 0 Å². The van der Waals surface area contributed by atoms with Crippen molar-refractivity contribution in [1.29, 1.82) is 0 Å². The summed E-state index contributed by atoms with van der Waals surface area (Å²) in [6.07, 6.45) is 0. The van der Waals surface area contributed by atoms with E-state index < -0.39 is 0 Å². The molecule has 0 spiro atoms. The van der Waals surface area contributed by atoms with Crippen LogP contribution in [-0.2, 0) is 0 Å². The maximum Gasteiger partial charge on any atom is 0.0619 e. The van der Waals surface area contributed by atoms with Gasteiger partial charge in [-0.25, -0.2) is 0 Å². The summed E-state index contributed by atoms with van der Waals surface area (Å²) in [7, 11) is 0. The summed E-state index contributed by atoms with van der Waals surface area (Å²) in [5.41, 5.74) is 14.2. The van der Waals surface area contributed by atoms with Gasteiger partial charge in [-0.05, 0) is 95.8 Å². The number of benzene rings is 6. The van der Waals surface area contributed by atoms with E-state index in [0.29, 0.717) is 0 Å². The van der Waals surface area contributed by atoms with E-state index in [2.05, 4.69) is 148 Å². The van der Waals surface area contributed by atoms with Gasteiger partial charge in [0.25, 0.3) is 0 Å². The number of nitrogens with zero attached hydrogens (tertiary/aromatic N) is 1. The molecule has 1 aromatic heterocycles. The SMILES string of the molecule is Cc1ccccc1-c1c(C)ccc(C)c1-c1c(C)ccc2c1c1ccc3ccccc3c1n2-c1ccccc1. The zero-order chi connectivity index (χ0) is 26.7. The molecule has 0 N–H and O–H groups in total. The summed E-state index contributed by atoms with van der Waals surface area (Å²) in [5, 5.41) is 5.15. The molecule has 7 aromatic rings. The molecule has 7 rings (SSSR count). The number of para-hydroxylation sites is 1. The fraction of sp³-hybridized carbons (Fsp3) is 0.105. The average molecular weight is 502 g/mol. The van der Waals surface area contributed by atoms with E-state index in [1.807, 2.05) is 0 Å². The highest BCUT2D eigenvalue weighted by Gasteiger charge is 2.23. The van der Waals surface area contributed by atoms with Gasteiger partial charge in [-0.15, -0.1) is 0 Å². The molecule has 0 radical (unpaired) electrons. The molecule has 0 unspecified atom stereocenters. The third kappa shape index (κ3) is 3.54. The molecule has 39 heavy (non-hydrogen) atoms. The Hall–Kier alpha value is -4.62. The molecule has 0 aliphatic carbocycles. The average Bonchev–Trinajstić information content (AvgIpc) is 3.30. The van der Waals surface area contributed by atoms with Crippen molar-refractivity contribution < 1.29 is 0 Å². The number of rotatable bonds is 3. The zero-order valence-electron chi connectivity index (χ0n) is 22.9. The first kappa shape index (κ1) is 23.5. The van der Waals surface area contributed by atoms with Gasteiger partial charge in [0, 0.05) is 21.8 Å². The summed E-state index contributed by atoms with van der Waals surface area (Å²) >= 11 is 0. The molecule has 1 nitrogen and oxygen atoms in total. The Morgan fingerprint density at radius 3 is 1.87 bits per heavy atom. The van der Waals surface area contributed by atoms with Crippen LogP contribution in [0.5, 0.6) is 0 Å². The van der Waals surface area contributed by atoms with Crippen LogP contribution < -0.4 is 0 Å². The molecule has 1 heterocycles. The van der Waals surface area contributed by atoms with Crippen LogP contribution in [0.15, 0.2) is 115 Å². The molecule has 0 atom stereocenters. The number of hydrogen-bond donors (Lipinski definition) is 0. The minimum absolute atomic E-state index is 1.18. The van der Waals surface area contributed by atoms with E-state index in [-0.39, 0.29) is 0 Å². The fourth-order valence-electron chi connectivity index (χ4n) is 6.47. The van der Waals surface area contributed by atoms with Crippen molar-refractivity contribution in [3.63, 3.8) is 0 Å². The van der Waals surface area contributed by atoms with Crippen molar-refractivity contribution >= 4 is 32.6 Å². The van der Waals surface area contributed by atoms with Crippen LogP contribution in [0, 0.1) is 27.7 Å². The topological polar surface area (TPSA) is 4.93 Å². The molecule has 6 aromatic carbocycles. The maximum absolute atomic E-state index is 2.47. The quantitative estimate of drug-likeness (QED) is 0.227. The van der Waals surface area contributed by atoms with Crippen molar-refractivity contribution in [3.8, 4) is 27.9 Å². The molecule has 0 saturated heterocycles. The largest absolute Gasteiger partial charge is 0.309 e. The highest BCUT2D eigenvalue weighted by atomic mass is 15.0. The van der Waals surface area contributed by atoms with Crippen molar-refractivity contribution in [3.05, 3.63) is 138 Å². The predicted molar refractivity (Wildman–Crippen MR) is 168 cm³/mol. The molecule has 0 fully saturated rings. The fourth-order valence-corrected chi connectivity index (χ4v) is 6.47. The second-order valence-electron chi connectivity index (χ2n) is 10.8. The van der Waals surface area contributed by atoms with Gasteiger partial charge in [-0.2, -0.15) is 0 Å². The molecule has 0 aliphatic heterocycles. The van der Waals surface area contributed by atoms with Crippen LogP contribution >= 0.6 is 0 Å². The van der Waals surface area contributed by atoms with Gasteiger partial charge in [0.15, 0.2) is 0 Å². The van der Waals surface area contributed by atoms with Crippen LogP contribution in [0.1, 0.15) is 22.3 Å². The maximum atomic E-state index is 2.47. The second kappa shape index (κ2) is 8.99. The van der Waals surface area contributed by atoms with Crippen LogP contribution in [0.4, 0.5) is 0 Å². The first-order valence-electron chi connectivity index (χ1n) is 13.7. The molecule has 0 aliphatic rings. The van der Waals surface area contributed by atoms with Gasteiger partial charge in [0.05, 0.1) is 11.0 Å². The minimum atomic E-state index is 1.18. The lowest BCUT2D eigenvalue weighted by Gasteiger charge is -2.20. The van der Waals surface area contributed by atoms with E-state index >= 15 is 0 Å². The van der Waals surface area contributed by atoms with E-state index in [0.717, 1.165) is 0 Å². The Kier molecular flexibility index (Phi) is 5.42. The third-order valence-electron chi connectivity index (χ3n) is 8.33. The van der Waals surface area contributed by atoms with Crippen LogP contribution in [0.3, 0.4) is 0 Å². The van der Waals surface area contributed by atoms with Gasteiger partial charge in [-0.1, -0.05) is 97.1 Å². The molecular formula is C38H31N. The Morgan fingerprint density at radius 1 is 0.436 bits per heavy atom. The van der Waals surface area contributed by atoms with Crippen molar-refractivity contribution in [2.45, 2.75) is 27.7 Å². The lowest BCUT2D eigenvalue weighted by molar-refractivity contribution is 1.18. The summed E-state index contributed by atoms with van der Waals surface area (Å²) in [4.78, 5) is 0. The predicted octanol–water partition coefficient (Wildman–Crippen LogP) is 10.5. The van der Waals surface area contributed by atoms with Crippen molar-refractivity contribution in [2.75, 3.05) is 0 Å². The van der Waals surface area contributed by atoms with Crippen LogP contribution in [-0.4, -0.2) is 4.57 Å². The standard InChI is InChI=1S/C38H31N/c1-24-12-8-10-16-30(24)34-25(2)18-19-26(3)35(34)36-27(4)20-23-33-37(36)32-22-21-28-13-9-11-17-31(28)38(32)39(33)29-14-6-5-7-15-29/h5-23H,1-4H3. The number of aryl methyl sites for hydroxylation is 4. The zero-order valence-corrected chi connectivity index (χ0v) is 22.9. The Bertz CT molecular complexity index is 2040. The Labute approximate surface area is 230 Å². The molecule has 188 valence electrons. The van der Waals surface area contributed by atoms with Crippen molar-refractivity contribution in [2.24, 2.45) is 0 Å². The number of aromatic nitrogens is 1. The summed E-state index contributed by atoms with van der Waals surface area (Å²) in [5.74, 6) is 0. The van der Waals surface area contributed by atoms with E-state index in [1.54, 1.807) is 0 Å². The Morgan fingerprint density at radius 2 is 1.08 bits per heavy atom. The molecule has 0 saturated carbocycles. The first-order chi connectivity index (χ1) is 19.0. The van der Waals surface area contributed by atoms with Gasteiger partial charge >= 0.3 is 0 Å². The summed E-state index contributed by atoms with van der Waals surface area (Å²) in [6, 6.07) is 42.2. The van der Waals surface area contributed by atoms with Crippen LogP contribution in [0.2, 0.25) is 0 Å². The van der Waals surface area contributed by atoms with Gasteiger partial charge < -0.3 is 4.57 Å². The van der Waals surface area contributed by atoms with Crippen molar-refractivity contribution in [1.82, 2.24) is 4.57 Å². The van der Waals surface area contributed by atoms with Gasteiger partial charge in [-0.3, -0.25) is 0 Å². The lowest BCUT2D eigenvalue weighted by atomic mass is 9.83. The van der Waals surface area contributed by atoms with Gasteiger partial charge in [0.1, 0.15) is 0 Å². The van der Waals surface area contributed by atoms with Crippen LogP contribution in [0.25, 0.3) is 60.5 Å². The molecule has 0 bridgehead atoms. The smallest absolute Gasteiger partial charge is 0.0619 e. The Balaban J connectivity index is 1.72. The number of fused-ring (bicyclic) bond motifs is 5. The normalized spacial score (nSPS) is 11.6. The molecule has 1 heteroatoms. The molecule has 0 amide bonds. The third-order valence-corrected chi connectivity index (χ3v) is 8.33. The van der Waals surface area contributed by atoms with E-state index in [1.165, 1.54) is 82.8 Å². The highest BCUT2D eigenvalue weighted by molar-refractivity contribution is 6.23. The van der Waals surface area contributed by atoms with Gasteiger partial charge in [0.2, 0.25) is 0 Å². The summed E-state index contributed by atoms with van der Waals surface area (Å²) in [6.45, 7) is 9.01. The van der Waals surface area contributed by atoms with E-state index in [9.17, 15) is 0 Å². The minimum Gasteiger partial charge on any atom is -0.309 e. The first-order valence-corrected chi connectivity index (χ1v) is 13.7. The monoisotopic (exact) mass is 501 g/mol. The summed E-state index contributed by atoms with van der Waals surface area (Å²) < 4.78 is 2.47. The second-order valence-corrected chi connectivity index (χ2v) is 10.8. The molecular weight excluding hydrogens is 470 g/mol. The number of hydrogen-bond acceptors (Lipinski definition) is 0. The lowest BCUT2D eigenvalue weighted by Crippen LogP contribution is -1.98. The highest BCUT2D eigenvalue weighted by Crippen LogP contribution is 2.47.